The fourth-order valence-corrected chi connectivity index (χ4v) is 0.813. The van der Waals surface area contributed by atoms with E-state index in [0.717, 1.165) is 6.42 Å². The predicted molar refractivity (Wildman–Crippen MR) is 40.7 cm³/mol. The fraction of sp³-hybridized carbons (Fsp3) is 1.00. The van der Waals surface area contributed by atoms with Crippen LogP contribution in [0.25, 0.3) is 0 Å². The minimum Gasteiger partial charge on any atom is -0.362 e. The van der Waals surface area contributed by atoms with Gasteiger partial charge in [-0.1, -0.05) is 25.4 Å². The summed E-state index contributed by atoms with van der Waals surface area (Å²) in [6.45, 7) is 6.86. The maximum Gasteiger partial charge on any atom is 0.133 e. The van der Waals surface area contributed by atoms with E-state index in [2.05, 4.69) is 13.8 Å². The Balaban J connectivity index is 3.32. The lowest BCUT2D eigenvalue weighted by atomic mass is 10.1. The van der Waals surface area contributed by atoms with Crippen molar-refractivity contribution >= 4 is 11.6 Å². The van der Waals surface area contributed by atoms with Gasteiger partial charge in [0.1, 0.15) is 5.56 Å². The average Bonchev–Trinajstić information content (AvgIpc) is 1.87. The van der Waals surface area contributed by atoms with Crippen molar-refractivity contribution in [3.8, 4) is 0 Å². The van der Waals surface area contributed by atoms with E-state index in [9.17, 15) is 0 Å². The van der Waals surface area contributed by atoms with Gasteiger partial charge in [-0.05, 0) is 19.3 Å². The van der Waals surface area contributed by atoms with Crippen LogP contribution in [0.4, 0.5) is 0 Å². The fourth-order valence-electron chi connectivity index (χ4n) is 0.509. The molecule has 2 heteroatoms. The molecule has 0 fully saturated rings. The van der Waals surface area contributed by atoms with Crippen molar-refractivity contribution in [2.75, 3.05) is 6.61 Å². The van der Waals surface area contributed by atoms with E-state index in [1.54, 1.807) is 0 Å². The molecule has 9 heavy (non-hydrogen) atoms. The van der Waals surface area contributed by atoms with Crippen LogP contribution < -0.4 is 0 Å². The molecule has 0 N–H and O–H groups in total. The number of halogens is 1. The molecule has 0 aliphatic carbocycles. The second kappa shape index (κ2) is 5.07. The highest BCUT2D eigenvalue weighted by Gasteiger charge is 2.10. The van der Waals surface area contributed by atoms with Gasteiger partial charge >= 0.3 is 0 Å². The molecular weight excluding hydrogens is 136 g/mol. The van der Waals surface area contributed by atoms with E-state index in [0.29, 0.717) is 12.5 Å². The Morgan fingerprint density at radius 3 is 2.33 bits per heavy atom. The molecule has 0 saturated carbocycles. The number of hydrogen-bond acceptors (Lipinski definition) is 1. The first-order valence-electron chi connectivity index (χ1n) is 3.48. The van der Waals surface area contributed by atoms with Crippen LogP contribution >= 0.6 is 11.6 Å². The van der Waals surface area contributed by atoms with Crippen LogP contribution in [-0.2, 0) is 4.74 Å². The van der Waals surface area contributed by atoms with Crippen molar-refractivity contribution in [1.29, 1.82) is 0 Å². The van der Waals surface area contributed by atoms with Crippen LogP contribution in [0.3, 0.4) is 0 Å². The molecule has 2 atom stereocenters. The molecule has 2 unspecified atom stereocenters. The topological polar surface area (TPSA) is 9.23 Å². The lowest BCUT2D eigenvalue weighted by Crippen LogP contribution is -2.14. The van der Waals surface area contributed by atoms with E-state index in [1.165, 1.54) is 0 Å². The van der Waals surface area contributed by atoms with Crippen molar-refractivity contribution in [2.24, 2.45) is 5.92 Å². The molecule has 0 radical (unpaired) electrons. The monoisotopic (exact) mass is 150 g/mol. The zero-order chi connectivity index (χ0) is 7.28. The quantitative estimate of drug-likeness (QED) is 0.560. The number of rotatable bonds is 4. The number of ether oxygens (including phenoxy) is 1. The normalized spacial score (nSPS) is 17.3. The maximum atomic E-state index is 5.81. The predicted octanol–water partition coefficient (Wildman–Crippen LogP) is 2.63. The van der Waals surface area contributed by atoms with Gasteiger partial charge < -0.3 is 4.74 Å². The van der Waals surface area contributed by atoms with Gasteiger partial charge in [0.05, 0.1) is 0 Å². The molecule has 0 aromatic heterocycles. The largest absolute Gasteiger partial charge is 0.362 e. The third-order valence-electron chi connectivity index (χ3n) is 1.42. The number of hydrogen-bond donors (Lipinski definition) is 0. The van der Waals surface area contributed by atoms with Gasteiger partial charge in [-0.3, -0.25) is 0 Å². The average molecular weight is 151 g/mol. The summed E-state index contributed by atoms with van der Waals surface area (Å²) in [7, 11) is 0. The van der Waals surface area contributed by atoms with Crippen molar-refractivity contribution in [1.82, 2.24) is 0 Å². The lowest BCUT2D eigenvalue weighted by Gasteiger charge is -2.14. The maximum absolute atomic E-state index is 5.81. The molecule has 0 saturated heterocycles. The van der Waals surface area contributed by atoms with Gasteiger partial charge in [-0.2, -0.15) is 0 Å². The van der Waals surface area contributed by atoms with E-state index < -0.39 is 0 Å². The number of alkyl halides is 1. The Morgan fingerprint density at radius 1 is 1.44 bits per heavy atom. The molecule has 0 amide bonds. The van der Waals surface area contributed by atoms with Crippen molar-refractivity contribution in [3.63, 3.8) is 0 Å². The molecule has 0 heterocycles. The van der Waals surface area contributed by atoms with Crippen molar-refractivity contribution < 1.29 is 4.74 Å². The van der Waals surface area contributed by atoms with Crippen LogP contribution in [0.15, 0.2) is 0 Å². The van der Waals surface area contributed by atoms with E-state index in [1.807, 2.05) is 6.92 Å². The van der Waals surface area contributed by atoms with Gasteiger partial charge in [-0.25, -0.2) is 0 Å². The molecule has 0 aromatic rings. The van der Waals surface area contributed by atoms with E-state index in [4.69, 9.17) is 16.3 Å². The summed E-state index contributed by atoms with van der Waals surface area (Å²) < 4.78 is 5.16. The lowest BCUT2D eigenvalue weighted by molar-refractivity contribution is 0.0821. The molecule has 56 valence electrons. The van der Waals surface area contributed by atoms with Crippen LogP contribution in [0.2, 0.25) is 0 Å². The highest BCUT2D eigenvalue weighted by molar-refractivity contribution is 6.19. The molecule has 0 aromatic carbocycles. The minimum absolute atomic E-state index is 0.0972. The standard InChI is InChI=1S/C7H15ClO/c1-4-6(3)7(8)9-5-2/h6-7H,4-5H2,1-3H3. The Kier molecular flexibility index (Phi) is 5.21. The summed E-state index contributed by atoms with van der Waals surface area (Å²) in [5, 5.41) is 0. The molecule has 0 spiro atoms. The first kappa shape index (κ1) is 9.25. The summed E-state index contributed by atoms with van der Waals surface area (Å²) in [5.74, 6) is 0.464. The summed E-state index contributed by atoms with van der Waals surface area (Å²) in [6, 6.07) is 0. The van der Waals surface area contributed by atoms with Crippen LogP contribution in [-0.4, -0.2) is 12.2 Å². The molecule has 0 bridgehead atoms. The van der Waals surface area contributed by atoms with Crippen LogP contribution in [0, 0.1) is 5.92 Å². The second-order valence-corrected chi connectivity index (χ2v) is 2.62. The summed E-state index contributed by atoms with van der Waals surface area (Å²) in [6.07, 6.45) is 1.08. The second-order valence-electron chi connectivity index (χ2n) is 2.19. The summed E-state index contributed by atoms with van der Waals surface area (Å²) in [5.41, 5.74) is -0.0972. The molecule has 1 nitrogen and oxygen atoms in total. The van der Waals surface area contributed by atoms with Crippen LogP contribution in [0.5, 0.6) is 0 Å². The van der Waals surface area contributed by atoms with Crippen molar-refractivity contribution in [3.05, 3.63) is 0 Å². The van der Waals surface area contributed by atoms with Crippen molar-refractivity contribution in [2.45, 2.75) is 32.8 Å². The van der Waals surface area contributed by atoms with Gasteiger partial charge in [-0.15, -0.1) is 0 Å². The highest BCUT2D eigenvalue weighted by atomic mass is 35.5. The zero-order valence-electron chi connectivity index (χ0n) is 6.36. The summed E-state index contributed by atoms with van der Waals surface area (Å²) >= 11 is 5.81. The van der Waals surface area contributed by atoms with E-state index >= 15 is 0 Å². The Hall–Kier alpha value is 0.250. The van der Waals surface area contributed by atoms with Gasteiger partial charge in [0.2, 0.25) is 0 Å². The SMILES string of the molecule is CCOC(Cl)C(C)CC. The van der Waals surface area contributed by atoms with Gasteiger partial charge in [0.15, 0.2) is 0 Å². The molecular formula is C7H15ClO. The smallest absolute Gasteiger partial charge is 0.133 e. The first-order valence-corrected chi connectivity index (χ1v) is 3.91. The van der Waals surface area contributed by atoms with Gasteiger partial charge in [0, 0.05) is 6.61 Å². The minimum atomic E-state index is -0.0972. The zero-order valence-corrected chi connectivity index (χ0v) is 7.11. The third-order valence-corrected chi connectivity index (χ3v) is 1.97. The Labute approximate surface area is 62.3 Å². The Morgan fingerprint density at radius 2 is 2.00 bits per heavy atom. The first-order chi connectivity index (χ1) is 4.22. The molecule has 0 rings (SSSR count). The summed E-state index contributed by atoms with van der Waals surface area (Å²) in [4.78, 5) is 0. The van der Waals surface area contributed by atoms with E-state index in [-0.39, 0.29) is 5.56 Å². The Bertz CT molecular complexity index is 65.9. The third kappa shape index (κ3) is 3.77. The van der Waals surface area contributed by atoms with Crippen LogP contribution in [0.1, 0.15) is 27.2 Å². The molecule has 0 aliphatic rings. The van der Waals surface area contributed by atoms with Gasteiger partial charge in [0.25, 0.3) is 0 Å². The molecule has 0 aliphatic heterocycles. The highest BCUT2D eigenvalue weighted by Crippen LogP contribution is 2.14.